The number of benzene rings is 3. The Morgan fingerprint density at radius 1 is 1.02 bits per heavy atom. The summed E-state index contributed by atoms with van der Waals surface area (Å²) in [5, 5.41) is 12.3. The van der Waals surface area contributed by atoms with E-state index in [9.17, 15) is 32.7 Å². The molecule has 1 fully saturated rings. The zero-order chi connectivity index (χ0) is 35.1. The number of carboxylic acid groups (broad SMARTS) is 1. The van der Waals surface area contributed by atoms with Crippen LogP contribution in [0.4, 0.5) is 22.0 Å². The van der Waals surface area contributed by atoms with Crippen molar-refractivity contribution in [3.05, 3.63) is 116 Å². The molecular formula is C36H32F5N3O5. The van der Waals surface area contributed by atoms with Gasteiger partial charge in [-0.3, -0.25) is 23.9 Å². The number of aryl methyl sites for hydroxylation is 2. The average molecular weight is 682 g/mol. The van der Waals surface area contributed by atoms with Gasteiger partial charge in [-0.15, -0.1) is 0 Å². The van der Waals surface area contributed by atoms with Crippen molar-refractivity contribution < 1.29 is 41.4 Å². The second kappa shape index (κ2) is 13.5. The summed E-state index contributed by atoms with van der Waals surface area (Å²) < 4.78 is 80.6. The topological polar surface area (TPSA) is 101 Å². The monoisotopic (exact) mass is 681 g/mol. The number of aromatic nitrogens is 1. The quantitative estimate of drug-likeness (QED) is 0.214. The van der Waals surface area contributed by atoms with Crippen LogP contribution in [0.25, 0.3) is 11.1 Å². The van der Waals surface area contributed by atoms with E-state index in [1.807, 2.05) is 0 Å². The molecule has 1 amide bonds. The number of halogens is 5. The summed E-state index contributed by atoms with van der Waals surface area (Å²) in [4.78, 5) is 41.7. The number of aliphatic carboxylic acids is 1. The third-order valence-corrected chi connectivity index (χ3v) is 8.88. The van der Waals surface area contributed by atoms with Crippen molar-refractivity contribution in [1.29, 1.82) is 0 Å². The maximum atomic E-state index is 15.9. The number of pyridine rings is 1. The van der Waals surface area contributed by atoms with E-state index in [-0.39, 0.29) is 54.2 Å². The van der Waals surface area contributed by atoms with Crippen LogP contribution in [-0.4, -0.2) is 52.3 Å². The first-order valence-corrected chi connectivity index (χ1v) is 15.6. The molecule has 2 N–H and O–H groups in total. The SMILES string of the molecule is Cc1cc2cc(c1F)[C@H](CC(=O)O)NC(=O)[C@@H](n1cc(CCN3CC(F)C3)cc(C(F)F)c1=O)c1cc(ccc1F)Oc1cccc(C)c1-2. The number of nitrogens with one attached hydrogen (secondary N) is 1. The first-order chi connectivity index (χ1) is 23.3. The molecule has 4 aromatic rings. The first kappa shape index (κ1) is 33.8. The molecule has 2 aliphatic heterocycles. The number of rotatable bonds is 7. The van der Waals surface area contributed by atoms with E-state index >= 15 is 8.78 Å². The van der Waals surface area contributed by atoms with Gasteiger partial charge < -0.3 is 15.2 Å². The number of carboxylic acids is 1. The third-order valence-electron chi connectivity index (χ3n) is 8.88. The highest BCUT2D eigenvalue weighted by atomic mass is 19.3. The van der Waals surface area contributed by atoms with Gasteiger partial charge in [-0.25, -0.2) is 22.0 Å². The molecule has 256 valence electrons. The number of carbonyl (C=O) groups is 2. The van der Waals surface area contributed by atoms with Crippen LogP contribution in [0.2, 0.25) is 0 Å². The average Bonchev–Trinajstić information content (AvgIpc) is 3.02. The lowest BCUT2D eigenvalue weighted by Crippen LogP contribution is -2.49. The molecule has 13 heteroatoms. The second-order valence-electron chi connectivity index (χ2n) is 12.4. The molecule has 1 aromatic heterocycles. The summed E-state index contributed by atoms with van der Waals surface area (Å²) in [7, 11) is 0. The lowest BCUT2D eigenvalue weighted by molar-refractivity contribution is -0.137. The van der Waals surface area contributed by atoms with Crippen LogP contribution in [0.15, 0.2) is 65.6 Å². The maximum absolute atomic E-state index is 15.9. The highest BCUT2D eigenvalue weighted by Gasteiger charge is 2.34. The molecule has 4 bridgehead atoms. The van der Waals surface area contributed by atoms with Crippen molar-refractivity contribution in [2.75, 3.05) is 19.6 Å². The Hall–Kier alpha value is -5.04. The van der Waals surface area contributed by atoms with Gasteiger partial charge in [-0.2, -0.15) is 0 Å². The Balaban J connectivity index is 1.58. The van der Waals surface area contributed by atoms with E-state index < -0.39 is 71.3 Å². The molecule has 8 nitrogen and oxygen atoms in total. The molecular weight excluding hydrogens is 649 g/mol. The summed E-state index contributed by atoms with van der Waals surface area (Å²) in [5.74, 6) is -4.03. The van der Waals surface area contributed by atoms with Crippen molar-refractivity contribution >= 4 is 11.9 Å². The molecule has 0 spiro atoms. The molecule has 2 aliphatic rings. The lowest BCUT2D eigenvalue weighted by atomic mass is 9.92. The van der Waals surface area contributed by atoms with Gasteiger partial charge in [-0.05, 0) is 85.0 Å². The largest absolute Gasteiger partial charge is 0.481 e. The van der Waals surface area contributed by atoms with Gasteiger partial charge in [0.2, 0.25) is 5.91 Å². The summed E-state index contributed by atoms with van der Waals surface area (Å²) >= 11 is 0. The minimum Gasteiger partial charge on any atom is -0.481 e. The van der Waals surface area contributed by atoms with Crippen LogP contribution in [0.3, 0.4) is 0 Å². The predicted molar refractivity (Wildman–Crippen MR) is 170 cm³/mol. The van der Waals surface area contributed by atoms with E-state index in [1.165, 1.54) is 25.1 Å². The van der Waals surface area contributed by atoms with Crippen molar-refractivity contribution in [1.82, 2.24) is 14.8 Å². The number of hydrogen-bond acceptors (Lipinski definition) is 5. The number of carbonyl (C=O) groups excluding carboxylic acids is 1. The summed E-state index contributed by atoms with van der Waals surface area (Å²) in [6.07, 6.45) is -3.82. The molecule has 3 heterocycles. The highest BCUT2D eigenvalue weighted by molar-refractivity contribution is 5.85. The number of likely N-dealkylation sites (tertiary alicyclic amines) is 1. The third kappa shape index (κ3) is 6.80. The van der Waals surface area contributed by atoms with Crippen LogP contribution in [0, 0.1) is 25.5 Å². The van der Waals surface area contributed by atoms with Gasteiger partial charge in [0.15, 0.2) is 0 Å². The Labute approximate surface area is 277 Å². The van der Waals surface area contributed by atoms with Crippen LogP contribution in [0.1, 0.15) is 58.3 Å². The van der Waals surface area contributed by atoms with E-state index in [1.54, 1.807) is 36.1 Å². The Morgan fingerprint density at radius 2 is 1.78 bits per heavy atom. The Kier molecular flexibility index (Phi) is 9.30. The summed E-state index contributed by atoms with van der Waals surface area (Å²) in [6.45, 7) is 3.86. The number of hydrogen-bond donors (Lipinski definition) is 2. The zero-order valence-electron chi connectivity index (χ0n) is 26.5. The lowest BCUT2D eigenvalue weighted by Gasteiger charge is -2.34. The van der Waals surface area contributed by atoms with E-state index in [0.717, 1.165) is 18.3 Å². The Bertz CT molecular complexity index is 2010. The van der Waals surface area contributed by atoms with Crippen molar-refractivity contribution in [2.24, 2.45) is 0 Å². The molecule has 2 atom stereocenters. The van der Waals surface area contributed by atoms with Crippen molar-refractivity contribution in [2.45, 2.75) is 51.4 Å². The molecule has 49 heavy (non-hydrogen) atoms. The molecule has 0 saturated carbocycles. The second-order valence-corrected chi connectivity index (χ2v) is 12.4. The van der Waals surface area contributed by atoms with Gasteiger partial charge in [0.1, 0.15) is 35.3 Å². The molecule has 1 saturated heterocycles. The van der Waals surface area contributed by atoms with E-state index in [2.05, 4.69) is 5.32 Å². The minimum atomic E-state index is -3.27. The van der Waals surface area contributed by atoms with Crippen molar-refractivity contribution in [3.8, 4) is 22.6 Å². The minimum absolute atomic E-state index is 0.0401. The van der Waals surface area contributed by atoms with Crippen LogP contribution in [0.5, 0.6) is 11.5 Å². The van der Waals surface area contributed by atoms with Crippen molar-refractivity contribution in [3.63, 3.8) is 0 Å². The molecule has 3 aromatic carbocycles. The Morgan fingerprint density at radius 3 is 2.47 bits per heavy atom. The van der Waals surface area contributed by atoms with E-state index in [4.69, 9.17) is 4.74 Å². The molecule has 6 rings (SSSR count). The van der Waals surface area contributed by atoms with Gasteiger partial charge in [0, 0.05) is 42.5 Å². The van der Waals surface area contributed by atoms with Gasteiger partial charge in [0.05, 0.1) is 18.0 Å². The fraction of sp³-hybridized carbons (Fsp3) is 0.306. The maximum Gasteiger partial charge on any atom is 0.305 e. The van der Waals surface area contributed by atoms with Gasteiger partial charge >= 0.3 is 5.97 Å². The fourth-order valence-corrected chi connectivity index (χ4v) is 6.44. The predicted octanol–water partition coefficient (Wildman–Crippen LogP) is 6.57. The molecule has 0 aliphatic carbocycles. The van der Waals surface area contributed by atoms with Crippen LogP contribution >= 0.6 is 0 Å². The highest BCUT2D eigenvalue weighted by Crippen LogP contribution is 2.40. The molecule has 0 radical (unpaired) electrons. The smallest absolute Gasteiger partial charge is 0.305 e. The van der Waals surface area contributed by atoms with Crippen LogP contribution < -0.4 is 15.6 Å². The summed E-state index contributed by atoms with van der Waals surface area (Å²) in [5.41, 5.74) is -0.847. The van der Waals surface area contributed by atoms with E-state index in [0.29, 0.717) is 21.3 Å². The van der Waals surface area contributed by atoms with Crippen LogP contribution in [-0.2, 0) is 16.0 Å². The van der Waals surface area contributed by atoms with Gasteiger partial charge in [-0.1, -0.05) is 12.1 Å². The number of ether oxygens (including phenoxy) is 1. The normalized spacial score (nSPS) is 18.0. The molecule has 0 unspecified atom stereocenters. The zero-order valence-corrected chi connectivity index (χ0v) is 26.5. The number of fused-ring (bicyclic) bond motifs is 6. The fourth-order valence-electron chi connectivity index (χ4n) is 6.44. The number of alkyl halides is 3. The summed E-state index contributed by atoms with van der Waals surface area (Å²) in [6, 6.07) is 9.05. The standard InChI is InChI=1S/C36H32F5N3O5/c1-18-4-3-5-29-31(18)21-10-19(2)32(39)25(12-21)28(14-30(45)46)42-35(47)33(24-13-23(49-29)6-7-27(24)38)44-15-20(8-9-43-16-22(37)17-43)11-26(34(40)41)36(44)48/h3-7,10-13,15,22,28,33-34H,8-9,14,16-17H2,1-2H3,(H,42,47)(H,45,46)/t28-,33-/m0/s1. The first-order valence-electron chi connectivity index (χ1n) is 15.6. The number of nitrogens with zero attached hydrogens (tertiary/aromatic N) is 2. The number of amides is 1. The van der Waals surface area contributed by atoms with Gasteiger partial charge in [0.25, 0.3) is 12.0 Å².